The van der Waals surface area contributed by atoms with E-state index in [9.17, 15) is 4.79 Å². The number of hydrogen-bond donors (Lipinski definition) is 2. The van der Waals surface area contributed by atoms with Crippen LogP contribution in [0.3, 0.4) is 0 Å². The predicted molar refractivity (Wildman–Crippen MR) is 101 cm³/mol. The number of aromatic nitrogens is 2. The molecule has 1 aromatic heterocycles. The third-order valence-electron chi connectivity index (χ3n) is 4.01. The second-order valence-electron chi connectivity index (χ2n) is 6.06. The average Bonchev–Trinajstić information content (AvgIpc) is 3.29. The summed E-state index contributed by atoms with van der Waals surface area (Å²) in [4.78, 5) is 12.1. The first-order valence-corrected chi connectivity index (χ1v) is 10.1. The SMILES string of the molecule is CC[C@H](C)c1ccc(NC(=O)CSc2nnc(NC3CC3)s2)cc1. The molecule has 5 nitrogen and oxygen atoms in total. The van der Waals surface area contributed by atoms with Crippen molar-refractivity contribution in [2.75, 3.05) is 16.4 Å². The summed E-state index contributed by atoms with van der Waals surface area (Å²) in [6.07, 6.45) is 3.53. The Hall–Kier alpha value is -1.60. The van der Waals surface area contributed by atoms with E-state index in [1.807, 2.05) is 12.1 Å². The first-order chi connectivity index (χ1) is 11.6. The molecule has 1 aromatic carbocycles. The lowest BCUT2D eigenvalue weighted by atomic mass is 9.99. The minimum absolute atomic E-state index is 0.0248. The van der Waals surface area contributed by atoms with Crippen molar-refractivity contribution in [1.82, 2.24) is 10.2 Å². The molecular formula is C17H22N4OS2. The molecule has 1 aliphatic carbocycles. The third kappa shape index (κ3) is 4.95. The maximum atomic E-state index is 12.1. The van der Waals surface area contributed by atoms with Crippen LogP contribution >= 0.6 is 23.1 Å². The number of nitrogens with one attached hydrogen (secondary N) is 2. The first-order valence-electron chi connectivity index (χ1n) is 8.26. The fourth-order valence-corrected chi connectivity index (χ4v) is 3.81. The Balaban J connectivity index is 1.45. The molecule has 0 unspecified atom stereocenters. The quantitative estimate of drug-likeness (QED) is 0.683. The molecule has 2 aromatic rings. The maximum Gasteiger partial charge on any atom is 0.234 e. The summed E-state index contributed by atoms with van der Waals surface area (Å²) in [6, 6.07) is 8.66. The number of amides is 1. The number of carbonyl (C=O) groups is 1. The van der Waals surface area contributed by atoms with Crippen molar-refractivity contribution >= 4 is 39.8 Å². The minimum Gasteiger partial charge on any atom is -0.357 e. The molecule has 3 rings (SSSR count). The van der Waals surface area contributed by atoms with Gasteiger partial charge < -0.3 is 10.6 Å². The van der Waals surface area contributed by atoms with Crippen molar-refractivity contribution in [2.45, 2.75) is 49.4 Å². The van der Waals surface area contributed by atoms with Crippen LogP contribution in [0.15, 0.2) is 28.6 Å². The zero-order valence-electron chi connectivity index (χ0n) is 13.9. The molecule has 128 valence electrons. The van der Waals surface area contributed by atoms with Gasteiger partial charge in [0.05, 0.1) is 5.75 Å². The molecule has 1 fully saturated rings. The van der Waals surface area contributed by atoms with E-state index in [2.05, 4.69) is 46.8 Å². The van der Waals surface area contributed by atoms with Gasteiger partial charge in [-0.1, -0.05) is 49.1 Å². The van der Waals surface area contributed by atoms with E-state index in [0.29, 0.717) is 17.7 Å². The summed E-state index contributed by atoms with van der Waals surface area (Å²) in [5, 5.41) is 15.3. The van der Waals surface area contributed by atoms with Gasteiger partial charge in [0.2, 0.25) is 11.0 Å². The van der Waals surface area contributed by atoms with Crippen molar-refractivity contribution in [1.29, 1.82) is 0 Å². The Kier molecular flexibility index (Phi) is 5.73. The van der Waals surface area contributed by atoms with Gasteiger partial charge in [-0.15, -0.1) is 10.2 Å². The highest BCUT2D eigenvalue weighted by molar-refractivity contribution is 8.01. The zero-order chi connectivity index (χ0) is 16.9. The Morgan fingerprint density at radius 3 is 2.75 bits per heavy atom. The summed E-state index contributed by atoms with van der Waals surface area (Å²) < 4.78 is 0.820. The van der Waals surface area contributed by atoms with Gasteiger partial charge in [0, 0.05) is 11.7 Å². The number of thioether (sulfide) groups is 1. The lowest BCUT2D eigenvalue weighted by Crippen LogP contribution is -2.13. The van der Waals surface area contributed by atoms with E-state index in [4.69, 9.17) is 0 Å². The van der Waals surface area contributed by atoms with Crippen LogP contribution in [-0.4, -0.2) is 27.9 Å². The van der Waals surface area contributed by atoms with Gasteiger partial charge in [0.15, 0.2) is 4.34 Å². The van der Waals surface area contributed by atoms with E-state index in [1.165, 1.54) is 41.5 Å². The van der Waals surface area contributed by atoms with Gasteiger partial charge in [-0.05, 0) is 42.9 Å². The summed E-state index contributed by atoms with van der Waals surface area (Å²) in [7, 11) is 0. The standard InChI is InChI=1S/C17H22N4OS2/c1-3-11(2)12-4-6-13(7-5-12)18-15(22)10-23-17-21-20-16(24-17)19-14-8-9-14/h4-7,11,14H,3,8-10H2,1-2H3,(H,18,22)(H,19,20)/t11-/m0/s1. The van der Waals surface area contributed by atoms with Gasteiger partial charge in [-0.2, -0.15) is 0 Å². The largest absolute Gasteiger partial charge is 0.357 e. The van der Waals surface area contributed by atoms with Crippen molar-refractivity contribution in [2.24, 2.45) is 0 Å². The second-order valence-corrected chi connectivity index (χ2v) is 8.26. The van der Waals surface area contributed by atoms with E-state index in [0.717, 1.165) is 21.6 Å². The topological polar surface area (TPSA) is 66.9 Å². The zero-order valence-corrected chi connectivity index (χ0v) is 15.5. The highest BCUT2D eigenvalue weighted by atomic mass is 32.2. The van der Waals surface area contributed by atoms with Crippen molar-refractivity contribution in [3.8, 4) is 0 Å². The van der Waals surface area contributed by atoms with Crippen LogP contribution in [0.1, 0.15) is 44.6 Å². The van der Waals surface area contributed by atoms with Crippen LogP contribution in [0, 0.1) is 0 Å². The second kappa shape index (κ2) is 7.98. The molecule has 1 saturated carbocycles. The summed E-state index contributed by atoms with van der Waals surface area (Å²) in [6.45, 7) is 4.38. The lowest BCUT2D eigenvalue weighted by molar-refractivity contribution is -0.113. The van der Waals surface area contributed by atoms with Crippen LogP contribution in [0.2, 0.25) is 0 Å². The highest BCUT2D eigenvalue weighted by Crippen LogP contribution is 2.30. The molecule has 0 bridgehead atoms. The third-order valence-corrected chi connectivity index (χ3v) is 6.00. The van der Waals surface area contributed by atoms with E-state index in [-0.39, 0.29) is 5.91 Å². The van der Waals surface area contributed by atoms with Gasteiger partial charge in [0.25, 0.3) is 0 Å². The molecule has 0 saturated heterocycles. The molecule has 1 amide bonds. The Morgan fingerprint density at radius 2 is 2.08 bits per heavy atom. The van der Waals surface area contributed by atoms with Crippen LogP contribution in [0.25, 0.3) is 0 Å². The molecule has 1 atom stereocenters. The highest BCUT2D eigenvalue weighted by Gasteiger charge is 2.22. The average molecular weight is 363 g/mol. The summed E-state index contributed by atoms with van der Waals surface area (Å²) in [5.41, 5.74) is 2.13. The Labute approximate surface area is 150 Å². The lowest BCUT2D eigenvalue weighted by Gasteiger charge is -2.10. The molecule has 0 aliphatic heterocycles. The van der Waals surface area contributed by atoms with E-state index in [1.54, 1.807) is 0 Å². The smallest absolute Gasteiger partial charge is 0.234 e. The molecule has 0 radical (unpaired) electrons. The molecular weight excluding hydrogens is 340 g/mol. The normalized spacial score (nSPS) is 15.1. The van der Waals surface area contributed by atoms with Gasteiger partial charge >= 0.3 is 0 Å². The molecule has 1 heterocycles. The monoisotopic (exact) mass is 362 g/mol. The molecule has 1 aliphatic rings. The van der Waals surface area contributed by atoms with Crippen molar-refractivity contribution in [3.63, 3.8) is 0 Å². The fourth-order valence-electron chi connectivity index (χ4n) is 2.18. The molecule has 0 spiro atoms. The van der Waals surface area contributed by atoms with Crippen molar-refractivity contribution in [3.05, 3.63) is 29.8 Å². The van der Waals surface area contributed by atoms with Crippen molar-refractivity contribution < 1.29 is 4.79 Å². The molecule has 24 heavy (non-hydrogen) atoms. The number of nitrogens with zero attached hydrogens (tertiary/aromatic N) is 2. The Bertz CT molecular complexity index is 682. The Morgan fingerprint density at radius 1 is 1.33 bits per heavy atom. The number of benzene rings is 1. The predicted octanol–water partition coefficient (Wildman–Crippen LogP) is 4.36. The van der Waals surface area contributed by atoms with Crippen LogP contribution in [0.4, 0.5) is 10.8 Å². The molecule has 2 N–H and O–H groups in total. The number of carbonyl (C=O) groups excluding carboxylic acids is 1. The number of rotatable bonds is 8. The van der Waals surface area contributed by atoms with Crippen LogP contribution in [0.5, 0.6) is 0 Å². The summed E-state index contributed by atoms with van der Waals surface area (Å²) >= 11 is 2.93. The van der Waals surface area contributed by atoms with E-state index >= 15 is 0 Å². The van der Waals surface area contributed by atoms with Gasteiger partial charge in [0.1, 0.15) is 0 Å². The fraction of sp³-hybridized carbons (Fsp3) is 0.471. The van der Waals surface area contributed by atoms with Gasteiger partial charge in [-0.25, -0.2) is 0 Å². The first kappa shape index (κ1) is 17.2. The summed E-state index contributed by atoms with van der Waals surface area (Å²) in [5.74, 6) is 0.856. The maximum absolute atomic E-state index is 12.1. The van der Waals surface area contributed by atoms with Crippen LogP contribution in [-0.2, 0) is 4.79 Å². The van der Waals surface area contributed by atoms with Crippen LogP contribution < -0.4 is 10.6 Å². The van der Waals surface area contributed by atoms with E-state index < -0.39 is 0 Å². The minimum atomic E-state index is -0.0248. The molecule has 7 heteroatoms. The van der Waals surface area contributed by atoms with Gasteiger partial charge in [-0.3, -0.25) is 4.79 Å². The number of hydrogen-bond acceptors (Lipinski definition) is 6. The number of anilines is 2.